The van der Waals surface area contributed by atoms with E-state index < -0.39 is 10.0 Å². The molecule has 4 nitrogen and oxygen atoms in total. The molecule has 0 bridgehead atoms. The van der Waals surface area contributed by atoms with Crippen LogP contribution in [0.3, 0.4) is 0 Å². The van der Waals surface area contributed by atoms with Crippen LogP contribution in [0.2, 0.25) is 0 Å². The van der Waals surface area contributed by atoms with Crippen LogP contribution in [0.4, 0.5) is 0 Å². The Bertz CT molecular complexity index is 248. The number of rotatable bonds is 8. The topological polar surface area (TPSA) is 63.4 Å². The van der Waals surface area contributed by atoms with Crippen molar-refractivity contribution in [3.63, 3.8) is 0 Å². The van der Waals surface area contributed by atoms with E-state index >= 15 is 0 Å². The van der Waals surface area contributed by atoms with E-state index in [-0.39, 0.29) is 11.8 Å². The van der Waals surface area contributed by atoms with E-state index in [4.69, 9.17) is 5.73 Å². The van der Waals surface area contributed by atoms with E-state index in [0.29, 0.717) is 13.0 Å². The number of nitrogens with zero attached hydrogens (tertiary/aromatic N) is 1. The molecular weight excluding hydrogens is 212 g/mol. The first-order valence-corrected chi connectivity index (χ1v) is 7.26. The fourth-order valence-electron chi connectivity index (χ4n) is 1.60. The summed E-state index contributed by atoms with van der Waals surface area (Å²) in [7, 11) is -1.40. The molecule has 0 spiro atoms. The summed E-state index contributed by atoms with van der Waals surface area (Å²) in [5.41, 5.74) is 5.34. The molecule has 2 N–H and O–H groups in total. The molecule has 0 aliphatic rings. The summed E-state index contributed by atoms with van der Waals surface area (Å²) in [6.07, 6.45) is 3.16. The van der Waals surface area contributed by atoms with Gasteiger partial charge in [0.05, 0.1) is 5.75 Å². The van der Waals surface area contributed by atoms with Crippen LogP contribution in [0, 0.1) is 0 Å². The van der Waals surface area contributed by atoms with Gasteiger partial charge in [-0.1, -0.05) is 13.8 Å². The van der Waals surface area contributed by atoms with Gasteiger partial charge in [0.2, 0.25) is 10.0 Å². The van der Waals surface area contributed by atoms with Crippen LogP contribution in [0.5, 0.6) is 0 Å². The van der Waals surface area contributed by atoms with Crippen molar-refractivity contribution in [2.24, 2.45) is 5.73 Å². The summed E-state index contributed by atoms with van der Waals surface area (Å²) in [5.74, 6) is 0.219. The highest BCUT2D eigenvalue weighted by molar-refractivity contribution is 7.89. The number of nitrogens with two attached hydrogens (primary N) is 1. The lowest BCUT2D eigenvalue weighted by Crippen LogP contribution is -2.37. The van der Waals surface area contributed by atoms with Crippen molar-refractivity contribution in [2.75, 3.05) is 19.3 Å². The lowest BCUT2D eigenvalue weighted by atomic mass is 10.2. The van der Waals surface area contributed by atoms with Gasteiger partial charge in [-0.05, 0) is 32.2 Å². The van der Waals surface area contributed by atoms with Crippen LogP contribution >= 0.6 is 0 Å². The first kappa shape index (κ1) is 14.9. The Labute approximate surface area is 93.9 Å². The largest absolute Gasteiger partial charge is 0.330 e. The van der Waals surface area contributed by atoms with E-state index in [2.05, 4.69) is 0 Å². The number of sulfonamides is 1. The standard InChI is InChI=1S/C10H24N2O2S/c1-4-10(5-2)12(3)15(13,14)9-7-6-8-11/h10H,4-9,11H2,1-3H3. The van der Waals surface area contributed by atoms with Gasteiger partial charge in [-0.25, -0.2) is 12.7 Å². The highest BCUT2D eigenvalue weighted by atomic mass is 32.2. The summed E-state index contributed by atoms with van der Waals surface area (Å²) in [6.45, 7) is 4.59. The predicted octanol–water partition coefficient (Wildman–Crippen LogP) is 1.18. The molecule has 0 aliphatic heterocycles. The van der Waals surface area contributed by atoms with Gasteiger partial charge >= 0.3 is 0 Å². The van der Waals surface area contributed by atoms with Crippen molar-refractivity contribution in [3.8, 4) is 0 Å². The molecule has 0 radical (unpaired) electrons. The minimum atomic E-state index is -3.08. The smallest absolute Gasteiger partial charge is 0.214 e. The Morgan fingerprint density at radius 3 is 2.13 bits per heavy atom. The normalized spacial score (nSPS) is 12.7. The van der Waals surface area contributed by atoms with E-state index in [9.17, 15) is 8.42 Å². The minimum absolute atomic E-state index is 0.132. The van der Waals surface area contributed by atoms with Gasteiger partial charge in [0.25, 0.3) is 0 Å². The highest BCUT2D eigenvalue weighted by Crippen LogP contribution is 2.12. The number of hydrogen-bond donors (Lipinski definition) is 1. The van der Waals surface area contributed by atoms with Crippen LogP contribution in [0.15, 0.2) is 0 Å². The lowest BCUT2D eigenvalue weighted by Gasteiger charge is -2.25. The molecular formula is C10H24N2O2S. The maximum Gasteiger partial charge on any atom is 0.214 e. The van der Waals surface area contributed by atoms with Gasteiger partial charge < -0.3 is 5.73 Å². The minimum Gasteiger partial charge on any atom is -0.330 e. The van der Waals surface area contributed by atoms with Crippen LogP contribution in [0.1, 0.15) is 39.5 Å². The van der Waals surface area contributed by atoms with E-state index in [1.807, 2.05) is 13.8 Å². The molecule has 0 saturated heterocycles. The molecule has 0 rings (SSSR count). The zero-order valence-electron chi connectivity index (χ0n) is 10.1. The third-order valence-electron chi connectivity index (χ3n) is 2.75. The molecule has 0 aromatic rings. The van der Waals surface area contributed by atoms with Gasteiger partial charge in [-0.15, -0.1) is 0 Å². The summed E-state index contributed by atoms with van der Waals surface area (Å²) >= 11 is 0. The summed E-state index contributed by atoms with van der Waals surface area (Å²) in [4.78, 5) is 0. The molecule has 5 heteroatoms. The molecule has 0 saturated carbocycles. The molecule has 0 amide bonds. The van der Waals surface area contributed by atoms with Crippen molar-refractivity contribution in [2.45, 2.75) is 45.6 Å². The van der Waals surface area contributed by atoms with Gasteiger partial charge in [0.1, 0.15) is 0 Å². The van der Waals surface area contributed by atoms with Crippen LogP contribution < -0.4 is 5.73 Å². The molecule has 0 heterocycles. The van der Waals surface area contributed by atoms with Crippen LogP contribution in [-0.2, 0) is 10.0 Å². The Morgan fingerprint density at radius 2 is 1.73 bits per heavy atom. The van der Waals surface area contributed by atoms with Crippen LogP contribution in [-0.4, -0.2) is 38.1 Å². The van der Waals surface area contributed by atoms with Crippen molar-refractivity contribution in [1.29, 1.82) is 0 Å². The van der Waals surface area contributed by atoms with E-state index in [1.165, 1.54) is 4.31 Å². The highest BCUT2D eigenvalue weighted by Gasteiger charge is 2.22. The maximum absolute atomic E-state index is 11.8. The monoisotopic (exact) mass is 236 g/mol. The molecule has 0 aliphatic carbocycles. The quantitative estimate of drug-likeness (QED) is 0.644. The van der Waals surface area contributed by atoms with Gasteiger partial charge in [0.15, 0.2) is 0 Å². The van der Waals surface area contributed by atoms with Crippen LogP contribution in [0.25, 0.3) is 0 Å². The Kier molecular flexibility index (Phi) is 7.13. The first-order valence-electron chi connectivity index (χ1n) is 5.65. The molecule has 0 aromatic carbocycles. The zero-order valence-corrected chi connectivity index (χ0v) is 10.9. The maximum atomic E-state index is 11.8. The number of unbranched alkanes of at least 4 members (excludes halogenated alkanes) is 1. The van der Waals surface area contributed by atoms with E-state index in [1.54, 1.807) is 7.05 Å². The molecule has 0 aromatic heterocycles. The first-order chi connectivity index (χ1) is 6.99. The zero-order chi connectivity index (χ0) is 11.9. The molecule has 0 atom stereocenters. The Morgan fingerprint density at radius 1 is 1.20 bits per heavy atom. The van der Waals surface area contributed by atoms with Crippen molar-refractivity contribution in [3.05, 3.63) is 0 Å². The fourth-order valence-corrected chi connectivity index (χ4v) is 3.21. The lowest BCUT2D eigenvalue weighted by molar-refractivity contribution is 0.349. The molecule has 15 heavy (non-hydrogen) atoms. The average Bonchev–Trinajstić information content (AvgIpc) is 2.19. The molecule has 0 fully saturated rings. The third kappa shape index (κ3) is 4.95. The third-order valence-corrected chi connectivity index (χ3v) is 4.73. The van der Waals surface area contributed by atoms with E-state index in [0.717, 1.165) is 19.3 Å². The second-order valence-corrected chi connectivity index (χ2v) is 5.95. The second kappa shape index (κ2) is 7.19. The summed E-state index contributed by atoms with van der Waals surface area (Å²) in [6, 6.07) is 0.132. The number of hydrogen-bond acceptors (Lipinski definition) is 3. The fraction of sp³-hybridized carbons (Fsp3) is 1.00. The average molecular weight is 236 g/mol. The SMILES string of the molecule is CCC(CC)N(C)S(=O)(=O)CCCCN. The van der Waals surface area contributed by atoms with Crippen molar-refractivity contribution >= 4 is 10.0 Å². The van der Waals surface area contributed by atoms with Gasteiger partial charge in [0, 0.05) is 13.1 Å². The Hall–Kier alpha value is -0.130. The molecule has 0 unspecified atom stereocenters. The molecule has 92 valence electrons. The van der Waals surface area contributed by atoms with Gasteiger partial charge in [-0.3, -0.25) is 0 Å². The summed E-state index contributed by atoms with van der Waals surface area (Å²) in [5, 5.41) is 0. The van der Waals surface area contributed by atoms with Crippen molar-refractivity contribution < 1.29 is 8.42 Å². The second-order valence-electron chi connectivity index (χ2n) is 3.80. The predicted molar refractivity (Wildman–Crippen MR) is 64.2 cm³/mol. The van der Waals surface area contributed by atoms with Crippen molar-refractivity contribution in [1.82, 2.24) is 4.31 Å². The Balaban J connectivity index is 4.30. The van der Waals surface area contributed by atoms with Gasteiger partial charge in [-0.2, -0.15) is 0 Å². The summed E-state index contributed by atoms with van der Waals surface area (Å²) < 4.78 is 25.2.